The molecule has 1 rings (SSSR count). The van der Waals surface area contributed by atoms with Gasteiger partial charge < -0.3 is 4.74 Å². The van der Waals surface area contributed by atoms with Crippen LogP contribution in [0, 0.1) is 0 Å². The van der Waals surface area contributed by atoms with Crippen LogP contribution in [0.1, 0.15) is 0 Å². The Labute approximate surface area is 68.9 Å². The molecule has 0 bridgehead atoms. The lowest BCUT2D eigenvalue weighted by molar-refractivity contribution is 0.232. The van der Waals surface area contributed by atoms with Crippen LogP contribution in [0.2, 0.25) is 0 Å². The molecule has 0 spiro atoms. The van der Waals surface area contributed by atoms with Gasteiger partial charge in [0.05, 0.1) is 6.26 Å². The van der Waals surface area contributed by atoms with E-state index in [0.717, 1.165) is 12.3 Å². The van der Waals surface area contributed by atoms with Gasteiger partial charge in [0.25, 0.3) is 0 Å². The van der Waals surface area contributed by atoms with Gasteiger partial charge in [0.2, 0.25) is 5.44 Å². The molecule has 1 N–H and O–H groups in total. The summed E-state index contributed by atoms with van der Waals surface area (Å²) in [5.74, 6) is 0. The second kappa shape index (κ2) is 2.84. The van der Waals surface area contributed by atoms with E-state index in [2.05, 4.69) is 4.74 Å². The van der Waals surface area contributed by atoms with Gasteiger partial charge in [-0.3, -0.25) is 4.55 Å². The summed E-state index contributed by atoms with van der Waals surface area (Å²) in [6.07, 6.45) is 3.58. The molecule has 1 unspecified atom stereocenters. The minimum Gasteiger partial charge on any atom is -0.475 e. The second-order valence-corrected chi connectivity index (χ2v) is 3.80. The average Bonchev–Trinajstić information content (AvgIpc) is 1.86. The molecular formula is C5H5ClO4S. The van der Waals surface area contributed by atoms with Gasteiger partial charge in [-0.05, 0) is 12.2 Å². The van der Waals surface area contributed by atoms with Crippen LogP contribution in [-0.4, -0.2) is 18.4 Å². The van der Waals surface area contributed by atoms with Gasteiger partial charge in [-0.15, -0.1) is 0 Å². The summed E-state index contributed by atoms with van der Waals surface area (Å²) in [7, 11) is -4.19. The molecule has 0 aliphatic carbocycles. The molecule has 1 atom stereocenters. The Morgan fingerprint density at radius 1 is 1.64 bits per heavy atom. The highest BCUT2D eigenvalue weighted by Crippen LogP contribution is 2.16. The fraction of sp³-hybridized carbons (Fsp3) is 0.200. The Morgan fingerprint density at radius 3 is 2.64 bits per heavy atom. The van der Waals surface area contributed by atoms with E-state index in [4.69, 9.17) is 16.2 Å². The highest BCUT2D eigenvalue weighted by atomic mass is 35.5. The molecule has 0 aromatic heterocycles. The molecule has 0 saturated heterocycles. The first-order valence-electron chi connectivity index (χ1n) is 2.66. The molecular weight excluding hydrogens is 192 g/mol. The monoisotopic (exact) mass is 196 g/mol. The van der Waals surface area contributed by atoms with E-state index in [1.807, 2.05) is 0 Å². The maximum atomic E-state index is 10.4. The number of ether oxygens (including phenoxy) is 1. The van der Waals surface area contributed by atoms with Crippen LogP contribution >= 0.6 is 11.6 Å². The minimum absolute atomic E-state index is 0.221. The van der Waals surface area contributed by atoms with Crippen LogP contribution in [0.25, 0.3) is 0 Å². The Hall–Kier alpha value is -0.520. The highest BCUT2D eigenvalue weighted by molar-refractivity contribution is 7.86. The largest absolute Gasteiger partial charge is 0.475 e. The standard InChI is InChI=1S/C5H5ClO4S/c6-4-1-2-10-5(3-4)11(7,8)9/h1-3,5H,(H,7,8,9). The van der Waals surface area contributed by atoms with Crippen molar-refractivity contribution in [3.05, 3.63) is 23.4 Å². The van der Waals surface area contributed by atoms with Gasteiger partial charge in [-0.2, -0.15) is 8.42 Å². The van der Waals surface area contributed by atoms with Gasteiger partial charge in [0, 0.05) is 5.03 Å². The fourth-order valence-corrected chi connectivity index (χ4v) is 1.33. The van der Waals surface area contributed by atoms with Crippen LogP contribution in [-0.2, 0) is 14.9 Å². The zero-order valence-electron chi connectivity index (χ0n) is 5.27. The van der Waals surface area contributed by atoms with Crippen molar-refractivity contribution in [2.75, 3.05) is 0 Å². The number of halogens is 1. The van der Waals surface area contributed by atoms with Crippen LogP contribution < -0.4 is 0 Å². The van der Waals surface area contributed by atoms with Crippen LogP contribution in [0.4, 0.5) is 0 Å². The summed E-state index contributed by atoms with van der Waals surface area (Å²) >= 11 is 5.44. The van der Waals surface area contributed by atoms with E-state index in [1.165, 1.54) is 6.08 Å². The van der Waals surface area contributed by atoms with E-state index in [-0.39, 0.29) is 5.03 Å². The summed E-state index contributed by atoms with van der Waals surface area (Å²) in [5, 5.41) is 0.221. The zero-order chi connectivity index (χ0) is 8.48. The Kier molecular flexibility index (Phi) is 2.22. The quantitative estimate of drug-likeness (QED) is 0.632. The maximum absolute atomic E-state index is 10.4. The normalized spacial score (nSPS) is 24.2. The Bertz CT molecular complexity index is 302. The van der Waals surface area contributed by atoms with Gasteiger partial charge in [-0.1, -0.05) is 11.6 Å². The van der Waals surface area contributed by atoms with E-state index < -0.39 is 15.6 Å². The summed E-state index contributed by atoms with van der Waals surface area (Å²) < 4.78 is 33.9. The summed E-state index contributed by atoms with van der Waals surface area (Å²) in [6.45, 7) is 0. The first kappa shape index (κ1) is 8.58. The molecule has 0 fully saturated rings. The van der Waals surface area contributed by atoms with Crippen molar-refractivity contribution < 1.29 is 17.7 Å². The molecule has 1 heterocycles. The zero-order valence-corrected chi connectivity index (χ0v) is 6.84. The van der Waals surface area contributed by atoms with Crippen molar-refractivity contribution in [2.24, 2.45) is 0 Å². The summed E-state index contributed by atoms with van der Waals surface area (Å²) in [5.41, 5.74) is -1.37. The van der Waals surface area contributed by atoms with E-state index in [1.54, 1.807) is 0 Å². The van der Waals surface area contributed by atoms with Crippen LogP contribution in [0.15, 0.2) is 23.4 Å². The van der Waals surface area contributed by atoms with Crippen LogP contribution in [0.3, 0.4) is 0 Å². The van der Waals surface area contributed by atoms with Gasteiger partial charge in [-0.25, -0.2) is 0 Å². The molecule has 11 heavy (non-hydrogen) atoms. The SMILES string of the molecule is O=S(=O)(O)C1C=C(Cl)C=CO1. The molecule has 0 aromatic rings. The second-order valence-electron chi connectivity index (χ2n) is 1.87. The van der Waals surface area contributed by atoms with Gasteiger partial charge in [0.1, 0.15) is 0 Å². The first-order valence-corrected chi connectivity index (χ1v) is 4.54. The molecule has 4 nitrogen and oxygen atoms in total. The smallest absolute Gasteiger partial charge is 0.307 e. The maximum Gasteiger partial charge on any atom is 0.307 e. The van der Waals surface area contributed by atoms with Gasteiger partial charge >= 0.3 is 10.1 Å². The van der Waals surface area contributed by atoms with Crippen molar-refractivity contribution >= 4 is 21.7 Å². The number of allylic oxidation sites excluding steroid dienone is 2. The molecule has 0 radical (unpaired) electrons. The van der Waals surface area contributed by atoms with E-state index in [9.17, 15) is 8.42 Å². The first-order chi connectivity index (χ1) is 5.00. The summed E-state index contributed by atoms with van der Waals surface area (Å²) in [6, 6.07) is 0. The molecule has 0 saturated carbocycles. The van der Waals surface area contributed by atoms with E-state index in [0.29, 0.717) is 0 Å². The Morgan fingerprint density at radius 2 is 2.27 bits per heavy atom. The lowest BCUT2D eigenvalue weighted by atomic mass is 10.4. The number of hydrogen-bond acceptors (Lipinski definition) is 3. The lowest BCUT2D eigenvalue weighted by Crippen LogP contribution is -2.21. The highest BCUT2D eigenvalue weighted by Gasteiger charge is 2.22. The van der Waals surface area contributed by atoms with Crippen molar-refractivity contribution in [2.45, 2.75) is 5.44 Å². The van der Waals surface area contributed by atoms with Crippen molar-refractivity contribution in [1.82, 2.24) is 0 Å². The fourth-order valence-electron chi connectivity index (χ4n) is 0.563. The van der Waals surface area contributed by atoms with E-state index >= 15 is 0 Å². The molecule has 1 aliphatic heterocycles. The third-order valence-corrected chi connectivity index (χ3v) is 2.12. The molecule has 62 valence electrons. The van der Waals surface area contributed by atoms with Crippen molar-refractivity contribution in [3.63, 3.8) is 0 Å². The molecule has 0 aromatic carbocycles. The van der Waals surface area contributed by atoms with Crippen molar-refractivity contribution in [3.8, 4) is 0 Å². The predicted octanol–water partition coefficient (Wildman–Crippen LogP) is 0.867. The topological polar surface area (TPSA) is 63.6 Å². The molecule has 6 heteroatoms. The third kappa shape index (κ3) is 2.21. The molecule has 1 aliphatic rings. The number of rotatable bonds is 1. The third-order valence-electron chi connectivity index (χ3n) is 1.03. The average molecular weight is 197 g/mol. The number of hydrogen-bond donors (Lipinski definition) is 1. The minimum atomic E-state index is -4.19. The lowest BCUT2D eigenvalue weighted by Gasteiger charge is -2.12. The van der Waals surface area contributed by atoms with Crippen LogP contribution in [0.5, 0.6) is 0 Å². The Balaban J connectivity index is 2.89. The van der Waals surface area contributed by atoms with Gasteiger partial charge in [0.15, 0.2) is 0 Å². The predicted molar refractivity (Wildman–Crippen MR) is 39.5 cm³/mol. The van der Waals surface area contributed by atoms with Crippen molar-refractivity contribution in [1.29, 1.82) is 0 Å². The molecule has 0 amide bonds. The summed E-state index contributed by atoms with van der Waals surface area (Å²) in [4.78, 5) is 0.